The van der Waals surface area contributed by atoms with E-state index in [4.69, 9.17) is 4.52 Å². The summed E-state index contributed by atoms with van der Waals surface area (Å²) in [7, 11) is -3.15. The van der Waals surface area contributed by atoms with Gasteiger partial charge >= 0.3 is 0 Å². The van der Waals surface area contributed by atoms with Crippen LogP contribution < -0.4 is 4.52 Å². The van der Waals surface area contributed by atoms with Crippen molar-refractivity contribution >= 4 is 18.6 Å². The van der Waals surface area contributed by atoms with Crippen molar-refractivity contribution in [2.75, 3.05) is 0 Å². The summed E-state index contributed by atoms with van der Waals surface area (Å²) in [6.45, 7) is 0. The predicted molar refractivity (Wildman–Crippen MR) is 68.2 cm³/mol. The summed E-state index contributed by atoms with van der Waals surface area (Å²) in [6.07, 6.45) is 0. The van der Waals surface area contributed by atoms with Crippen molar-refractivity contribution in [2.45, 2.75) is 4.90 Å². The summed E-state index contributed by atoms with van der Waals surface area (Å²) < 4.78 is 82.1. The van der Waals surface area contributed by atoms with Crippen LogP contribution in [0.4, 0.5) is 22.0 Å². The minimum absolute atomic E-state index is 0.0439. The highest BCUT2D eigenvalue weighted by Crippen LogP contribution is 2.47. The van der Waals surface area contributed by atoms with Gasteiger partial charge in [-0.05, 0) is 23.5 Å². The normalized spacial score (nSPS) is 12.2. The van der Waals surface area contributed by atoms with Gasteiger partial charge in [-0.1, -0.05) is 18.2 Å². The zero-order valence-corrected chi connectivity index (χ0v) is 11.8. The Bertz CT molecular complexity index is 667. The Hall–Kier alpha value is -1.53. The van der Waals surface area contributed by atoms with E-state index in [1.54, 1.807) is 18.2 Å². The Morgan fingerprint density at radius 1 is 0.810 bits per heavy atom. The zero-order chi connectivity index (χ0) is 15.6. The van der Waals surface area contributed by atoms with Gasteiger partial charge in [0.25, 0.3) is 7.23 Å². The van der Waals surface area contributed by atoms with E-state index in [0.717, 1.165) is 0 Å². The molecule has 0 radical (unpaired) electrons. The summed E-state index contributed by atoms with van der Waals surface area (Å²) in [4.78, 5) is -1.23. The molecule has 0 aliphatic rings. The molecule has 2 aromatic carbocycles. The molecule has 0 aliphatic carbocycles. The maximum atomic E-state index is 13.4. The van der Waals surface area contributed by atoms with Crippen LogP contribution in [0.1, 0.15) is 0 Å². The van der Waals surface area contributed by atoms with Crippen molar-refractivity contribution in [1.29, 1.82) is 0 Å². The molecule has 2 nitrogen and oxygen atoms in total. The third-order valence-electron chi connectivity index (χ3n) is 2.30. The average molecular weight is 340 g/mol. The Labute approximate surface area is 120 Å². The SMILES string of the molecule is O=[PH](Oc1ccccc1)Sc1c(F)c(F)c(F)c(F)c1F. The van der Waals surface area contributed by atoms with E-state index in [9.17, 15) is 26.5 Å². The molecule has 0 aromatic heterocycles. The number of hydrogen-bond donors (Lipinski definition) is 0. The number of para-hydroxylation sites is 1. The highest BCUT2D eigenvalue weighted by atomic mass is 32.7. The first kappa shape index (κ1) is 15.9. The van der Waals surface area contributed by atoms with Gasteiger partial charge in [-0.15, -0.1) is 0 Å². The van der Waals surface area contributed by atoms with Crippen LogP contribution in [-0.2, 0) is 4.57 Å². The molecule has 1 unspecified atom stereocenters. The minimum atomic E-state index is -3.15. The largest absolute Gasteiger partial charge is 0.438 e. The maximum Gasteiger partial charge on any atom is 0.296 e. The fraction of sp³-hybridized carbons (Fsp3) is 0. The molecule has 0 saturated carbocycles. The lowest BCUT2D eigenvalue weighted by Gasteiger charge is -2.08. The van der Waals surface area contributed by atoms with Crippen LogP contribution in [0.3, 0.4) is 0 Å². The molecule has 0 saturated heterocycles. The van der Waals surface area contributed by atoms with Gasteiger partial charge < -0.3 is 4.52 Å². The molecule has 9 heteroatoms. The van der Waals surface area contributed by atoms with E-state index in [1.807, 2.05) is 0 Å². The maximum absolute atomic E-state index is 13.4. The van der Waals surface area contributed by atoms with Gasteiger partial charge in [0.15, 0.2) is 23.3 Å². The molecule has 0 amide bonds. The second-order valence-corrected chi connectivity index (χ2v) is 6.60. The van der Waals surface area contributed by atoms with Gasteiger partial charge in [0, 0.05) is 0 Å². The summed E-state index contributed by atoms with van der Waals surface area (Å²) in [6, 6.07) is 7.64. The van der Waals surface area contributed by atoms with E-state index >= 15 is 0 Å². The lowest BCUT2D eigenvalue weighted by atomic mass is 10.3. The molecule has 21 heavy (non-hydrogen) atoms. The van der Waals surface area contributed by atoms with E-state index in [-0.39, 0.29) is 17.1 Å². The smallest absolute Gasteiger partial charge is 0.296 e. The van der Waals surface area contributed by atoms with Crippen LogP contribution in [0.25, 0.3) is 0 Å². The van der Waals surface area contributed by atoms with Gasteiger partial charge in [0.2, 0.25) is 5.82 Å². The van der Waals surface area contributed by atoms with Crippen LogP contribution in [0, 0.1) is 29.1 Å². The highest BCUT2D eigenvalue weighted by molar-refractivity contribution is 8.50. The molecule has 112 valence electrons. The molecule has 1 atom stereocenters. The van der Waals surface area contributed by atoms with Gasteiger partial charge in [0.05, 0.1) is 4.90 Å². The van der Waals surface area contributed by atoms with Crippen LogP contribution >= 0.6 is 18.6 Å². The summed E-state index contributed by atoms with van der Waals surface area (Å²) in [5, 5.41) is 0. The van der Waals surface area contributed by atoms with Gasteiger partial charge in [-0.3, -0.25) is 4.57 Å². The van der Waals surface area contributed by atoms with E-state index in [2.05, 4.69) is 0 Å². The van der Waals surface area contributed by atoms with Crippen molar-refractivity contribution in [2.24, 2.45) is 0 Å². The molecule has 0 aliphatic heterocycles. The van der Waals surface area contributed by atoms with E-state index < -0.39 is 41.2 Å². The number of benzene rings is 2. The second kappa shape index (κ2) is 6.49. The van der Waals surface area contributed by atoms with Gasteiger partial charge in [0.1, 0.15) is 5.75 Å². The standard InChI is InChI=1S/C12H6F5O2PS/c13-7-8(14)10(16)12(11(17)9(7)15)21-20(18)19-6-4-2-1-3-5-6/h1-5,20H. The number of hydrogen-bond acceptors (Lipinski definition) is 3. The van der Waals surface area contributed by atoms with Crippen LogP contribution in [0.15, 0.2) is 35.2 Å². The Morgan fingerprint density at radius 2 is 1.29 bits per heavy atom. The van der Waals surface area contributed by atoms with Crippen LogP contribution in [0.2, 0.25) is 0 Å². The van der Waals surface area contributed by atoms with E-state index in [1.165, 1.54) is 12.1 Å². The van der Waals surface area contributed by atoms with Gasteiger partial charge in [-0.25, -0.2) is 22.0 Å². The van der Waals surface area contributed by atoms with Gasteiger partial charge in [-0.2, -0.15) is 0 Å². The molecule has 0 N–H and O–H groups in total. The summed E-state index contributed by atoms with van der Waals surface area (Å²) >= 11 is -0.0439. The quantitative estimate of drug-likeness (QED) is 0.341. The first-order valence-corrected chi connectivity index (χ1v) is 8.23. The Balaban J connectivity index is 2.26. The summed E-state index contributed by atoms with van der Waals surface area (Å²) in [5.41, 5.74) is 0. The molecule has 0 spiro atoms. The first-order valence-electron chi connectivity index (χ1n) is 5.38. The third kappa shape index (κ3) is 3.39. The second-order valence-electron chi connectivity index (χ2n) is 3.67. The number of rotatable bonds is 4. The van der Waals surface area contributed by atoms with Crippen molar-refractivity contribution in [3.63, 3.8) is 0 Å². The minimum Gasteiger partial charge on any atom is -0.438 e. The van der Waals surface area contributed by atoms with Crippen molar-refractivity contribution < 1.29 is 31.0 Å². The summed E-state index contributed by atoms with van der Waals surface area (Å²) in [5.74, 6) is -10.4. The average Bonchev–Trinajstić information content (AvgIpc) is 2.48. The first-order chi connectivity index (χ1) is 9.91. The molecule has 2 rings (SSSR count). The topological polar surface area (TPSA) is 26.3 Å². The molecular weight excluding hydrogens is 334 g/mol. The third-order valence-corrected chi connectivity index (χ3v) is 4.79. The lowest BCUT2D eigenvalue weighted by molar-refractivity contribution is 0.361. The van der Waals surface area contributed by atoms with Crippen molar-refractivity contribution in [1.82, 2.24) is 0 Å². The zero-order valence-electron chi connectivity index (χ0n) is 10.0. The van der Waals surface area contributed by atoms with E-state index in [0.29, 0.717) is 0 Å². The van der Waals surface area contributed by atoms with Crippen molar-refractivity contribution in [3.8, 4) is 5.75 Å². The molecular formula is C12H6F5O2PS. The monoisotopic (exact) mass is 340 g/mol. The lowest BCUT2D eigenvalue weighted by Crippen LogP contribution is -2.02. The van der Waals surface area contributed by atoms with Crippen LogP contribution in [0.5, 0.6) is 5.75 Å². The Kier molecular flexibility index (Phi) is 4.90. The predicted octanol–water partition coefficient (Wildman–Crippen LogP) is 4.94. The van der Waals surface area contributed by atoms with Crippen LogP contribution in [-0.4, -0.2) is 0 Å². The molecule has 0 bridgehead atoms. The Morgan fingerprint density at radius 3 is 1.81 bits per heavy atom. The van der Waals surface area contributed by atoms with Crippen molar-refractivity contribution in [3.05, 3.63) is 59.4 Å². The molecule has 0 fully saturated rings. The number of halogens is 5. The fourth-order valence-corrected chi connectivity index (χ4v) is 3.71. The highest BCUT2D eigenvalue weighted by Gasteiger charge is 2.27. The molecule has 0 heterocycles. The fourth-order valence-electron chi connectivity index (χ4n) is 1.36. The molecule has 2 aromatic rings.